The highest BCUT2D eigenvalue weighted by Gasteiger charge is 1.97. The molecule has 130 valence electrons. The number of nitrogens with zero attached hydrogens (tertiary/aromatic N) is 4. The summed E-state index contributed by atoms with van der Waals surface area (Å²) < 4.78 is 0. The molecule has 0 heterocycles. The Balaban J connectivity index is 1.61. The molecule has 0 saturated heterocycles. The van der Waals surface area contributed by atoms with E-state index in [9.17, 15) is 0 Å². The van der Waals surface area contributed by atoms with Crippen LogP contribution >= 0.6 is 0 Å². The Hall–Kier alpha value is -3.40. The van der Waals surface area contributed by atoms with Crippen LogP contribution in [0.15, 0.2) is 95.1 Å². The zero-order valence-corrected chi connectivity index (χ0v) is 15.0. The van der Waals surface area contributed by atoms with Gasteiger partial charge in [-0.05, 0) is 35.4 Å². The summed E-state index contributed by atoms with van der Waals surface area (Å²) in [5.41, 5.74) is 4.19. The van der Waals surface area contributed by atoms with Crippen molar-refractivity contribution >= 4 is 23.8 Å². The van der Waals surface area contributed by atoms with Crippen LogP contribution in [0.4, 0.5) is 11.4 Å². The van der Waals surface area contributed by atoms with Crippen LogP contribution in [-0.4, -0.2) is 26.5 Å². The second-order valence-corrected chi connectivity index (χ2v) is 5.87. The first-order chi connectivity index (χ1) is 12.7. The van der Waals surface area contributed by atoms with E-state index in [2.05, 4.69) is 10.2 Å². The second-order valence-electron chi connectivity index (χ2n) is 5.87. The van der Waals surface area contributed by atoms with E-state index in [-0.39, 0.29) is 0 Å². The van der Waals surface area contributed by atoms with E-state index in [0.717, 1.165) is 22.5 Å². The van der Waals surface area contributed by atoms with E-state index in [0.29, 0.717) is 0 Å². The summed E-state index contributed by atoms with van der Waals surface area (Å²) >= 11 is 0. The molecule has 0 unspecified atom stereocenters. The summed E-state index contributed by atoms with van der Waals surface area (Å²) in [5.74, 6) is 0. The highest BCUT2D eigenvalue weighted by atomic mass is 15.4. The highest BCUT2D eigenvalue weighted by molar-refractivity contribution is 5.84. The van der Waals surface area contributed by atoms with E-state index in [1.807, 2.05) is 121 Å². The molecule has 0 N–H and O–H groups in total. The minimum absolute atomic E-state index is 1.04. The van der Waals surface area contributed by atoms with Crippen molar-refractivity contribution in [3.8, 4) is 0 Å². The van der Waals surface area contributed by atoms with Crippen molar-refractivity contribution in [1.29, 1.82) is 0 Å². The van der Waals surface area contributed by atoms with Crippen LogP contribution < -0.4 is 10.0 Å². The van der Waals surface area contributed by atoms with Crippen LogP contribution in [-0.2, 0) is 0 Å². The predicted octanol–water partition coefficient (Wildman–Crippen LogP) is 4.63. The first-order valence-corrected chi connectivity index (χ1v) is 8.48. The molecule has 0 saturated carbocycles. The quantitative estimate of drug-likeness (QED) is 0.483. The minimum Gasteiger partial charge on any atom is -0.269 e. The van der Waals surface area contributed by atoms with Crippen molar-refractivity contribution < 1.29 is 0 Å². The molecule has 0 aromatic heterocycles. The molecule has 4 nitrogen and oxygen atoms in total. The van der Waals surface area contributed by atoms with Crippen LogP contribution in [0, 0.1) is 0 Å². The summed E-state index contributed by atoms with van der Waals surface area (Å²) in [6.45, 7) is 0. The molecule has 0 aliphatic heterocycles. The zero-order valence-electron chi connectivity index (χ0n) is 15.0. The predicted molar refractivity (Wildman–Crippen MR) is 111 cm³/mol. The van der Waals surface area contributed by atoms with Crippen LogP contribution in [0.3, 0.4) is 0 Å². The number of benzene rings is 3. The molecular weight excluding hydrogens is 320 g/mol. The van der Waals surface area contributed by atoms with E-state index in [4.69, 9.17) is 0 Å². The van der Waals surface area contributed by atoms with E-state index >= 15 is 0 Å². The molecule has 0 aliphatic rings. The van der Waals surface area contributed by atoms with Crippen LogP contribution in [0.5, 0.6) is 0 Å². The van der Waals surface area contributed by atoms with Crippen molar-refractivity contribution in [3.63, 3.8) is 0 Å². The van der Waals surface area contributed by atoms with E-state index < -0.39 is 0 Å². The van der Waals surface area contributed by atoms with Crippen LogP contribution in [0.1, 0.15) is 11.1 Å². The molecule has 0 atom stereocenters. The number of hydrogen-bond donors (Lipinski definition) is 0. The van der Waals surface area contributed by atoms with Gasteiger partial charge < -0.3 is 0 Å². The van der Waals surface area contributed by atoms with Crippen molar-refractivity contribution in [2.75, 3.05) is 24.1 Å². The number of rotatable bonds is 6. The Kier molecular flexibility index (Phi) is 5.78. The summed E-state index contributed by atoms with van der Waals surface area (Å²) in [6, 6.07) is 28.2. The monoisotopic (exact) mass is 342 g/mol. The Morgan fingerprint density at radius 2 is 0.885 bits per heavy atom. The van der Waals surface area contributed by atoms with Gasteiger partial charge in [0.05, 0.1) is 23.8 Å². The van der Waals surface area contributed by atoms with Gasteiger partial charge >= 0.3 is 0 Å². The van der Waals surface area contributed by atoms with Crippen molar-refractivity contribution in [3.05, 3.63) is 96.1 Å². The van der Waals surface area contributed by atoms with Gasteiger partial charge in [-0.3, -0.25) is 10.0 Å². The van der Waals surface area contributed by atoms with Crippen LogP contribution in [0.25, 0.3) is 0 Å². The Labute approximate surface area is 154 Å². The normalized spacial score (nSPS) is 11.2. The molecule has 3 rings (SSSR count). The standard InChI is InChI=1S/C22H22N4/c1-25(21-9-5-3-6-10-21)23-17-19-13-15-20(16-14-19)18-24-26(2)22-11-7-4-8-12-22/h3-18H,1-2H3. The lowest BCUT2D eigenvalue weighted by Gasteiger charge is -2.12. The van der Waals surface area contributed by atoms with Gasteiger partial charge in [-0.15, -0.1) is 0 Å². The average molecular weight is 342 g/mol. The van der Waals surface area contributed by atoms with Crippen molar-refractivity contribution in [1.82, 2.24) is 0 Å². The van der Waals surface area contributed by atoms with Gasteiger partial charge in [-0.1, -0.05) is 60.7 Å². The molecule has 0 bridgehead atoms. The summed E-state index contributed by atoms with van der Waals surface area (Å²) in [7, 11) is 3.87. The maximum atomic E-state index is 4.47. The maximum Gasteiger partial charge on any atom is 0.0590 e. The summed E-state index contributed by atoms with van der Waals surface area (Å²) in [5, 5.41) is 12.7. The van der Waals surface area contributed by atoms with Gasteiger partial charge in [0.25, 0.3) is 0 Å². The van der Waals surface area contributed by atoms with Crippen LogP contribution in [0.2, 0.25) is 0 Å². The third-order valence-electron chi connectivity index (χ3n) is 3.96. The lowest BCUT2D eigenvalue weighted by molar-refractivity contribution is 1.02. The fourth-order valence-electron chi connectivity index (χ4n) is 2.40. The van der Waals surface area contributed by atoms with Gasteiger partial charge in [0, 0.05) is 14.1 Å². The van der Waals surface area contributed by atoms with Gasteiger partial charge in [0.15, 0.2) is 0 Å². The second kappa shape index (κ2) is 8.62. The molecule has 0 fully saturated rings. The molecule has 4 heteroatoms. The summed E-state index contributed by atoms with van der Waals surface area (Å²) in [4.78, 5) is 0. The topological polar surface area (TPSA) is 31.2 Å². The van der Waals surface area contributed by atoms with E-state index in [1.54, 1.807) is 0 Å². The molecule has 3 aromatic rings. The van der Waals surface area contributed by atoms with Gasteiger partial charge in [-0.2, -0.15) is 10.2 Å². The van der Waals surface area contributed by atoms with Crippen molar-refractivity contribution in [2.45, 2.75) is 0 Å². The SMILES string of the molecule is CN(N=Cc1ccc(C=NN(C)c2ccccc2)cc1)c1ccccc1. The molecule has 3 aromatic carbocycles. The molecule has 0 aliphatic carbocycles. The lowest BCUT2D eigenvalue weighted by Crippen LogP contribution is -2.08. The zero-order chi connectivity index (χ0) is 18.2. The molecule has 0 amide bonds. The summed E-state index contributed by atoms with van der Waals surface area (Å²) in [6.07, 6.45) is 3.70. The maximum absolute atomic E-state index is 4.47. The number of hydrazone groups is 2. The number of anilines is 2. The smallest absolute Gasteiger partial charge is 0.0590 e. The van der Waals surface area contributed by atoms with E-state index in [1.165, 1.54) is 0 Å². The van der Waals surface area contributed by atoms with Gasteiger partial charge in [0.2, 0.25) is 0 Å². The number of para-hydroxylation sites is 2. The highest BCUT2D eigenvalue weighted by Crippen LogP contribution is 2.12. The molecule has 0 radical (unpaired) electrons. The minimum atomic E-state index is 1.04. The van der Waals surface area contributed by atoms with Gasteiger partial charge in [-0.25, -0.2) is 0 Å². The lowest BCUT2D eigenvalue weighted by atomic mass is 10.2. The third kappa shape index (κ3) is 4.80. The fourth-order valence-corrected chi connectivity index (χ4v) is 2.40. The Morgan fingerprint density at radius 3 is 1.23 bits per heavy atom. The van der Waals surface area contributed by atoms with Crippen molar-refractivity contribution in [2.24, 2.45) is 10.2 Å². The first-order valence-electron chi connectivity index (χ1n) is 8.48. The average Bonchev–Trinajstić information content (AvgIpc) is 2.72. The largest absolute Gasteiger partial charge is 0.269 e. The van der Waals surface area contributed by atoms with Gasteiger partial charge in [0.1, 0.15) is 0 Å². The molecule has 0 spiro atoms. The molecular formula is C22H22N4. The number of hydrogen-bond acceptors (Lipinski definition) is 4. The Bertz CT molecular complexity index is 781. The fraction of sp³-hybridized carbons (Fsp3) is 0.0909. The first kappa shape index (κ1) is 17.4. The third-order valence-corrected chi connectivity index (χ3v) is 3.96. The Morgan fingerprint density at radius 1 is 0.538 bits per heavy atom. The molecule has 26 heavy (non-hydrogen) atoms.